The van der Waals surface area contributed by atoms with E-state index in [1.807, 2.05) is 31.2 Å². The summed E-state index contributed by atoms with van der Waals surface area (Å²) in [4.78, 5) is 18.7. The lowest BCUT2D eigenvalue weighted by molar-refractivity contribution is 0.0993. The van der Waals surface area contributed by atoms with Crippen molar-refractivity contribution in [1.82, 2.24) is 4.98 Å². The van der Waals surface area contributed by atoms with Gasteiger partial charge in [-0.3, -0.25) is 14.7 Å². The molecule has 1 aromatic heterocycles. The second-order valence-corrected chi connectivity index (χ2v) is 6.12. The number of aryl methyl sites for hydroxylation is 1. The largest absolute Gasteiger partial charge is 0.357 e. The molecule has 0 saturated carbocycles. The quantitative estimate of drug-likeness (QED) is 0.759. The monoisotopic (exact) mass is 351 g/mol. The number of halogens is 2. The van der Waals surface area contributed by atoms with Crippen LogP contribution in [0.4, 0.5) is 20.2 Å². The van der Waals surface area contributed by atoms with Crippen LogP contribution in [0.25, 0.3) is 0 Å². The number of hydrogen-bond acceptors (Lipinski definition) is 3. The normalized spacial score (nSPS) is 15.9. The lowest BCUT2D eigenvalue weighted by atomic mass is 10.2. The first-order valence-electron chi connectivity index (χ1n) is 8.11. The van der Waals surface area contributed by atoms with Crippen molar-refractivity contribution in [1.29, 1.82) is 0 Å². The van der Waals surface area contributed by atoms with E-state index in [1.54, 1.807) is 18.3 Å². The van der Waals surface area contributed by atoms with Gasteiger partial charge in [-0.15, -0.1) is 0 Å². The summed E-state index contributed by atoms with van der Waals surface area (Å²) >= 11 is 0. The van der Waals surface area contributed by atoms with E-state index in [0.717, 1.165) is 17.7 Å². The fourth-order valence-electron chi connectivity index (χ4n) is 3.04. The average molecular weight is 351 g/mol. The number of carbonyl (C=O) groups excluding carboxylic acids is 1. The lowest BCUT2D eigenvalue weighted by Crippen LogP contribution is -2.32. The van der Waals surface area contributed by atoms with Gasteiger partial charge in [0.15, 0.2) is 6.17 Å². The van der Waals surface area contributed by atoms with Crippen LogP contribution < -0.4 is 10.2 Å². The van der Waals surface area contributed by atoms with Crippen molar-refractivity contribution in [2.24, 2.45) is 0 Å². The Morgan fingerprint density at radius 2 is 1.85 bits per heavy atom. The maximum atomic E-state index is 14.1. The van der Waals surface area contributed by atoms with Crippen molar-refractivity contribution < 1.29 is 13.6 Å². The molecule has 0 fully saturated rings. The summed E-state index contributed by atoms with van der Waals surface area (Å²) in [5, 5.41) is 2.99. The van der Waals surface area contributed by atoms with Crippen LogP contribution in [-0.4, -0.2) is 10.9 Å². The highest BCUT2D eigenvalue weighted by molar-refractivity contribution is 6.11. The van der Waals surface area contributed by atoms with Crippen molar-refractivity contribution in [3.8, 4) is 0 Å². The summed E-state index contributed by atoms with van der Waals surface area (Å²) in [5.74, 6) is -1.62. The fraction of sp³-hybridized carbons (Fsp3) is 0.100. The standard InChI is InChI=1S/C20H15F2N3O/c1-12-4-7-14(8-5-12)25-19(18-15(20(25)26)3-2-10-23-18)24-17-9-6-13(21)11-16(17)22/h2-11,19,24H,1H3. The zero-order valence-corrected chi connectivity index (χ0v) is 13.9. The Hall–Kier alpha value is -3.28. The number of benzene rings is 2. The molecular formula is C20H15F2N3O. The van der Waals surface area contributed by atoms with Gasteiger partial charge in [-0.05, 0) is 43.3 Å². The van der Waals surface area contributed by atoms with Crippen LogP contribution in [0.2, 0.25) is 0 Å². The van der Waals surface area contributed by atoms with Crippen LogP contribution in [0.15, 0.2) is 60.8 Å². The average Bonchev–Trinajstić information content (AvgIpc) is 2.91. The van der Waals surface area contributed by atoms with E-state index in [-0.39, 0.29) is 11.6 Å². The smallest absolute Gasteiger partial charge is 0.262 e. The molecule has 130 valence electrons. The van der Waals surface area contributed by atoms with Crippen molar-refractivity contribution in [3.63, 3.8) is 0 Å². The van der Waals surface area contributed by atoms with Gasteiger partial charge in [0.2, 0.25) is 0 Å². The third-order valence-electron chi connectivity index (χ3n) is 4.34. The van der Waals surface area contributed by atoms with E-state index >= 15 is 0 Å². The van der Waals surface area contributed by atoms with Gasteiger partial charge in [0, 0.05) is 18.0 Å². The predicted octanol–water partition coefficient (Wildman–Crippen LogP) is 4.44. The molecule has 3 aromatic rings. The van der Waals surface area contributed by atoms with Gasteiger partial charge >= 0.3 is 0 Å². The maximum Gasteiger partial charge on any atom is 0.262 e. The molecule has 0 spiro atoms. The zero-order valence-electron chi connectivity index (χ0n) is 13.9. The number of nitrogens with zero attached hydrogens (tertiary/aromatic N) is 2. The van der Waals surface area contributed by atoms with E-state index < -0.39 is 17.8 Å². The number of carbonyl (C=O) groups is 1. The number of rotatable bonds is 3. The number of hydrogen-bond donors (Lipinski definition) is 1. The summed E-state index contributed by atoms with van der Waals surface area (Å²) in [6.45, 7) is 1.95. The van der Waals surface area contributed by atoms with E-state index in [2.05, 4.69) is 10.3 Å². The molecule has 0 bridgehead atoms. The van der Waals surface area contributed by atoms with Crippen molar-refractivity contribution >= 4 is 17.3 Å². The van der Waals surface area contributed by atoms with E-state index in [1.165, 1.54) is 11.0 Å². The second kappa shape index (κ2) is 6.22. The molecule has 6 heteroatoms. The topological polar surface area (TPSA) is 45.2 Å². The number of anilines is 2. The van der Waals surface area contributed by atoms with Crippen LogP contribution in [0.5, 0.6) is 0 Å². The predicted molar refractivity (Wildman–Crippen MR) is 94.9 cm³/mol. The molecule has 0 saturated heterocycles. The lowest BCUT2D eigenvalue weighted by Gasteiger charge is -2.26. The minimum Gasteiger partial charge on any atom is -0.357 e. The van der Waals surface area contributed by atoms with Gasteiger partial charge in [0.05, 0.1) is 16.9 Å². The van der Waals surface area contributed by atoms with Crippen LogP contribution in [-0.2, 0) is 0 Å². The number of pyridine rings is 1. The Morgan fingerprint density at radius 3 is 2.58 bits per heavy atom. The third-order valence-corrected chi connectivity index (χ3v) is 4.34. The molecule has 4 nitrogen and oxygen atoms in total. The number of aromatic nitrogens is 1. The number of fused-ring (bicyclic) bond motifs is 1. The van der Waals surface area contributed by atoms with Crippen LogP contribution in [0, 0.1) is 18.6 Å². The van der Waals surface area contributed by atoms with Gasteiger partial charge in [0.1, 0.15) is 11.6 Å². The van der Waals surface area contributed by atoms with E-state index in [0.29, 0.717) is 16.9 Å². The molecule has 0 aliphatic carbocycles. The molecule has 0 radical (unpaired) electrons. The van der Waals surface area contributed by atoms with Crippen molar-refractivity contribution in [2.45, 2.75) is 13.1 Å². The first-order valence-corrected chi connectivity index (χ1v) is 8.11. The molecule has 1 aliphatic rings. The highest BCUT2D eigenvalue weighted by Gasteiger charge is 2.39. The molecular weight excluding hydrogens is 336 g/mol. The Kier molecular flexibility index (Phi) is 3.88. The maximum absolute atomic E-state index is 14.1. The molecule has 1 N–H and O–H groups in total. The van der Waals surface area contributed by atoms with Crippen molar-refractivity contribution in [2.75, 3.05) is 10.2 Å². The number of amides is 1. The highest BCUT2D eigenvalue weighted by atomic mass is 19.1. The second-order valence-electron chi connectivity index (χ2n) is 6.12. The van der Waals surface area contributed by atoms with Crippen LogP contribution in [0.1, 0.15) is 27.8 Å². The Bertz CT molecular complexity index is 989. The first-order chi connectivity index (χ1) is 12.5. The van der Waals surface area contributed by atoms with Crippen LogP contribution in [0.3, 0.4) is 0 Å². The Labute approximate surface area is 149 Å². The molecule has 2 aromatic carbocycles. The fourth-order valence-corrected chi connectivity index (χ4v) is 3.04. The molecule has 1 atom stereocenters. The summed E-state index contributed by atoms with van der Waals surface area (Å²) < 4.78 is 27.3. The number of nitrogens with one attached hydrogen (secondary N) is 1. The molecule has 1 aliphatic heterocycles. The van der Waals surface area contributed by atoms with Gasteiger partial charge < -0.3 is 5.32 Å². The zero-order chi connectivity index (χ0) is 18.3. The molecule has 2 heterocycles. The summed E-state index contributed by atoms with van der Waals surface area (Å²) in [7, 11) is 0. The minimum atomic E-state index is -0.731. The minimum absolute atomic E-state index is 0.0971. The third kappa shape index (κ3) is 2.69. The summed E-state index contributed by atoms with van der Waals surface area (Å²) in [6.07, 6.45) is 0.891. The summed E-state index contributed by atoms with van der Waals surface area (Å²) in [6, 6.07) is 14.1. The van der Waals surface area contributed by atoms with Gasteiger partial charge in [-0.1, -0.05) is 17.7 Å². The van der Waals surface area contributed by atoms with Crippen molar-refractivity contribution in [3.05, 3.63) is 89.2 Å². The SMILES string of the molecule is Cc1ccc(N2C(=O)c3cccnc3C2Nc2ccc(F)cc2F)cc1. The van der Waals surface area contributed by atoms with E-state index in [4.69, 9.17) is 0 Å². The van der Waals surface area contributed by atoms with Crippen LogP contribution >= 0.6 is 0 Å². The van der Waals surface area contributed by atoms with Gasteiger partial charge in [-0.25, -0.2) is 8.78 Å². The highest BCUT2D eigenvalue weighted by Crippen LogP contribution is 2.37. The molecule has 1 unspecified atom stereocenters. The Balaban J connectivity index is 1.79. The molecule has 1 amide bonds. The molecule has 4 rings (SSSR count). The van der Waals surface area contributed by atoms with Gasteiger partial charge in [-0.2, -0.15) is 0 Å². The van der Waals surface area contributed by atoms with Gasteiger partial charge in [0.25, 0.3) is 5.91 Å². The Morgan fingerprint density at radius 1 is 1.08 bits per heavy atom. The summed E-state index contributed by atoms with van der Waals surface area (Å²) in [5.41, 5.74) is 2.78. The first kappa shape index (κ1) is 16.2. The molecule has 26 heavy (non-hydrogen) atoms. The van der Waals surface area contributed by atoms with E-state index in [9.17, 15) is 13.6 Å².